The van der Waals surface area contributed by atoms with Crippen molar-refractivity contribution in [2.75, 3.05) is 6.54 Å². The molecule has 146 valence electrons. The summed E-state index contributed by atoms with van der Waals surface area (Å²) in [7, 11) is 0. The fourth-order valence-electron chi connectivity index (χ4n) is 2.22. The lowest BCUT2D eigenvalue weighted by Gasteiger charge is -2.14. The number of amides is 2. The number of benzene rings is 1. The third-order valence-corrected chi connectivity index (χ3v) is 5.07. The highest BCUT2D eigenvalue weighted by Crippen LogP contribution is 2.32. The molecule has 1 saturated heterocycles. The number of imide groups is 1. The van der Waals surface area contributed by atoms with Gasteiger partial charge >= 0.3 is 5.97 Å². The molecule has 1 heterocycles. The number of esters is 1. The minimum atomic E-state index is -0.584. The van der Waals surface area contributed by atoms with Gasteiger partial charge < -0.3 is 9.47 Å². The van der Waals surface area contributed by atoms with Crippen LogP contribution in [0, 0.1) is 0 Å². The van der Waals surface area contributed by atoms with Crippen molar-refractivity contribution < 1.29 is 23.9 Å². The van der Waals surface area contributed by atoms with Crippen LogP contribution in [0.4, 0.5) is 4.79 Å². The maximum absolute atomic E-state index is 12.4. The second-order valence-corrected chi connectivity index (χ2v) is 7.38. The minimum absolute atomic E-state index is 0.127. The largest absolute Gasteiger partial charge is 0.491 e. The first-order chi connectivity index (χ1) is 12.8. The standard InChI is InChI=1S/C20H25NO5S/c1-5-13(3)25-16-9-7-15(8-10-16)11-17-19(23)21(20(24)27-17)12-18(22)26-14(4)6-2/h7-11,13-14H,5-6,12H2,1-4H3/b17-11-/t13-,14-/m1/s1. The summed E-state index contributed by atoms with van der Waals surface area (Å²) in [6.45, 7) is 7.33. The average Bonchev–Trinajstić information content (AvgIpc) is 2.90. The van der Waals surface area contributed by atoms with Crippen molar-refractivity contribution in [3.05, 3.63) is 34.7 Å². The Balaban J connectivity index is 2.03. The van der Waals surface area contributed by atoms with Gasteiger partial charge in [0.25, 0.3) is 11.1 Å². The number of hydrogen-bond donors (Lipinski definition) is 0. The first kappa shape index (κ1) is 21.0. The molecule has 0 aromatic heterocycles. The smallest absolute Gasteiger partial charge is 0.326 e. The van der Waals surface area contributed by atoms with Crippen molar-refractivity contribution in [1.82, 2.24) is 4.90 Å². The van der Waals surface area contributed by atoms with Crippen LogP contribution >= 0.6 is 11.8 Å². The molecule has 2 amide bonds. The van der Waals surface area contributed by atoms with E-state index in [1.54, 1.807) is 13.0 Å². The van der Waals surface area contributed by atoms with Crippen LogP contribution in [0.15, 0.2) is 29.2 Å². The summed E-state index contributed by atoms with van der Waals surface area (Å²) < 4.78 is 10.9. The van der Waals surface area contributed by atoms with E-state index in [9.17, 15) is 14.4 Å². The molecule has 2 atom stereocenters. The SMILES string of the molecule is CC[C@@H](C)OC(=O)CN1C(=O)S/C(=C\c2ccc(O[C@H](C)CC)cc2)C1=O. The molecular formula is C20H25NO5S. The molecular weight excluding hydrogens is 366 g/mol. The summed E-state index contributed by atoms with van der Waals surface area (Å²) in [4.78, 5) is 37.6. The summed E-state index contributed by atoms with van der Waals surface area (Å²) in [5.74, 6) is -0.312. The van der Waals surface area contributed by atoms with Crippen molar-refractivity contribution in [2.24, 2.45) is 0 Å². The quantitative estimate of drug-likeness (QED) is 0.487. The number of rotatable bonds is 8. The van der Waals surface area contributed by atoms with Crippen molar-refractivity contribution in [1.29, 1.82) is 0 Å². The maximum atomic E-state index is 12.4. The van der Waals surface area contributed by atoms with Crippen LogP contribution < -0.4 is 4.74 Å². The van der Waals surface area contributed by atoms with Gasteiger partial charge in [0.05, 0.1) is 17.1 Å². The van der Waals surface area contributed by atoms with E-state index < -0.39 is 17.1 Å². The number of carbonyl (C=O) groups is 3. The molecule has 1 aromatic rings. The molecule has 0 aliphatic carbocycles. The van der Waals surface area contributed by atoms with Crippen LogP contribution in [-0.2, 0) is 14.3 Å². The number of hydrogen-bond acceptors (Lipinski definition) is 6. The van der Waals surface area contributed by atoms with E-state index in [4.69, 9.17) is 9.47 Å². The van der Waals surface area contributed by atoms with E-state index in [0.717, 1.165) is 34.4 Å². The highest BCUT2D eigenvalue weighted by molar-refractivity contribution is 8.18. The van der Waals surface area contributed by atoms with Crippen molar-refractivity contribution >= 4 is 35.0 Å². The Kier molecular flexibility index (Phi) is 7.47. The monoisotopic (exact) mass is 391 g/mol. The molecule has 0 N–H and O–H groups in total. The Labute approximate surface area is 163 Å². The zero-order chi connectivity index (χ0) is 20.0. The average molecular weight is 391 g/mol. The highest BCUT2D eigenvalue weighted by Gasteiger charge is 2.36. The van der Waals surface area contributed by atoms with Gasteiger partial charge in [-0.2, -0.15) is 0 Å². The molecule has 6 nitrogen and oxygen atoms in total. The third kappa shape index (κ3) is 5.85. The van der Waals surface area contributed by atoms with E-state index in [1.807, 2.05) is 45.0 Å². The first-order valence-corrected chi connectivity index (χ1v) is 9.87. The second-order valence-electron chi connectivity index (χ2n) is 6.38. The molecule has 0 bridgehead atoms. The maximum Gasteiger partial charge on any atom is 0.326 e. The lowest BCUT2D eigenvalue weighted by Crippen LogP contribution is -2.35. The van der Waals surface area contributed by atoms with Gasteiger partial charge in [0, 0.05) is 0 Å². The Morgan fingerprint density at radius 1 is 1.11 bits per heavy atom. The van der Waals surface area contributed by atoms with Gasteiger partial charge in [0.15, 0.2) is 0 Å². The Morgan fingerprint density at radius 2 is 1.74 bits per heavy atom. The van der Waals surface area contributed by atoms with Crippen molar-refractivity contribution in [3.8, 4) is 5.75 Å². The molecule has 0 saturated carbocycles. The van der Waals surface area contributed by atoms with Gasteiger partial charge in [-0.15, -0.1) is 0 Å². The predicted molar refractivity (Wildman–Crippen MR) is 105 cm³/mol. The molecule has 2 rings (SSSR count). The van der Waals surface area contributed by atoms with Gasteiger partial charge in [-0.25, -0.2) is 0 Å². The molecule has 0 unspecified atom stereocenters. The van der Waals surface area contributed by atoms with Gasteiger partial charge in [-0.05, 0) is 62.2 Å². The van der Waals surface area contributed by atoms with Crippen LogP contribution in [0.1, 0.15) is 46.1 Å². The van der Waals surface area contributed by atoms with Crippen LogP contribution in [-0.4, -0.2) is 40.8 Å². The number of ether oxygens (including phenoxy) is 2. The Bertz CT molecular complexity index is 728. The fraction of sp³-hybridized carbons (Fsp3) is 0.450. The number of carbonyl (C=O) groups excluding carboxylic acids is 3. The topological polar surface area (TPSA) is 72.9 Å². The highest BCUT2D eigenvalue weighted by atomic mass is 32.2. The molecule has 0 spiro atoms. The summed E-state index contributed by atoms with van der Waals surface area (Å²) in [6, 6.07) is 7.29. The summed E-state index contributed by atoms with van der Waals surface area (Å²) in [5, 5.41) is -0.468. The van der Waals surface area contributed by atoms with E-state index in [-0.39, 0.29) is 23.7 Å². The molecule has 7 heteroatoms. The molecule has 27 heavy (non-hydrogen) atoms. The van der Waals surface area contributed by atoms with E-state index >= 15 is 0 Å². The lowest BCUT2D eigenvalue weighted by atomic mass is 10.2. The normalized spacial score (nSPS) is 17.9. The predicted octanol–water partition coefficient (Wildman–Crippen LogP) is 4.24. The van der Waals surface area contributed by atoms with Crippen LogP contribution in [0.2, 0.25) is 0 Å². The van der Waals surface area contributed by atoms with Gasteiger partial charge in [-0.1, -0.05) is 26.0 Å². The summed E-state index contributed by atoms with van der Waals surface area (Å²) >= 11 is 0.821. The molecule has 1 fully saturated rings. The van der Waals surface area contributed by atoms with E-state index in [2.05, 4.69) is 0 Å². The van der Waals surface area contributed by atoms with Crippen molar-refractivity contribution in [2.45, 2.75) is 52.7 Å². The first-order valence-electron chi connectivity index (χ1n) is 9.05. The summed E-state index contributed by atoms with van der Waals surface area (Å²) in [5.41, 5.74) is 0.777. The Hall–Kier alpha value is -2.28. The Morgan fingerprint density at radius 3 is 2.33 bits per heavy atom. The molecule has 0 radical (unpaired) electrons. The number of nitrogens with zero attached hydrogens (tertiary/aromatic N) is 1. The van der Waals surface area contributed by atoms with E-state index in [0.29, 0.717) is 6.42 Å². The van der Waals surface area contributed by atoms with E-state index in [1.165, 1.54) is 0 Å². The lowest BCUT2D eigenvalue weighted by molar-refractivity contribution is -0.150. The molecule has 1 aromatic carbocycles. The molecule has 1 aliphatic rings. The van der Waals surface area contributed by atoms with Crippen molar-refractivity contribution in [3.63, 3.8) is 0 Å². The van der Waals surface area contributed by atoms with Gasteiger partial charge in [-0.3, -0.25) is 19.3 Å². The number of thioether (sulfide) groups is 1. The zero-order valence-corrected chi connectivity index (χ0v) is 16.9. The van der Waals surface area contributed by atoms with Crippen LogP contribution in [0.5, 0.6) is 5.75 Å². The second kappa shape index (κ2) is 9.60. The van der Waals surface area contributed by atoms with Gasteiger partial charge in [0.2, 0.25) is 0 Å². The minimum Gasteiger partial charge on any atom is -0.491 e. The summed E-state index contributed by atoms with van der Waals surface area (Å²) in [6.07, 6.45) is 3.10. The third-order valence-electron chi connectivity index (χ3n) is 4.16. The van der Waals surface area contributed by atoms with Gasteiger partial charge in [0.1, 0.15) is 12.3 Å². The zero-order valence-electron chi connectivity index (χ0n) is 16.1. The fourth-order valence-corrected chi connectivity index (χ4v) is 3.06. The van der Waals surface area contributed by atoms with Crippen LogP contribution in [0.3, 0.4) is 0 Å². The van der Waals surface area contributed by atoms with Crippen LogP contribution in [0.25, 0.3) is 6.08 Å². The molecule has 1 aliphatic heterocycles.